The molecule has 0 radical (unpaired) electrons. The minimum atomic E-state index is -0.942. The van der Waals surface area contributed by atoms with Gasteiger partial charge in [0.2, 0.25) is 23.6 Å². The van der Waals surface area contributed by atoms with Gasteiger partial charge in [0.05, 0.1) is 11.2 Å². The second kappa shape index (κ2) is 27.6. The lowest BCUT2D eigenvalue weighted by atomic mass is 9.92. The summed E-state index contributed by atoms with van der Waals surface area (Å²) in [7, 11) is 5.26. The number of amides is 7. The maximum atomic E-state index is 14.3. The molecule has 1 aromatic heterocycles. The van der Waals surface area contributed by atoms with Crippen molar-refractivity contribution in [3.63, 3.8) is 0 Å². The highest BCUT2D eigenvalue weighted by atomic mass is 32.1. The third kappa shape index (κ3) is 17.3. The van der Waals surface area contributed by atoms with Crippen LogP contribution in [0.15, 0.2) is 35.7 Å². The Morgan fingerprint density at radius 1 is 0.957 bits per heavy atom. The molecular weight excluding hydrogens is 921 g/mol. The normalized spacial score (nSPS) is 15.3. The van der Waals surface area contributed by atoms with Gasteiger partial charge >= 0.3 is 5.97 Å². The molecule has 0 bridgehead atoms. The van der Waals surface area contributed by atoms with Crippen LogP contribution in [0.4, 0.5) is 5.69 Å². The smallest absolute Gasteiger partial charge is 0.303 e. The van der Waals surface area contributed by atoms with E-state index in [1.165, 1.54) is 25.1 Å². The second-order valence-corrected chi connectivity index (χ2v) is 19.9. The van der Waals surface area contributed by atoms with E-state index in [1.807, 2.05) is 27.7 Å². The predicted molar refractivity (Wildman–Crippen MR) is 267 cm³/mol. The Bertz CT molecular complexity index is 2160. The highest BCUT2D eigenvalue weighted by Gasteiger charge is 2.39. The number of thiazole rings is 1. The first-order valence-electron chi connectivity index (χ1n) is 23.9. The number of phenolic OH excluding ortho intramolecular Hbond substituents is 1. The van der Waals surface area contributed by atoms with Crippen molar-refractivity contribution in [2.24, 2.45) is 23.5 Å². The fraction of sp³-hybridized carbons (Fsp3) is 0.612. The molecule has 0 fully saturated rings. The van der Waals surface area contributed by atoms with Gasteiger partial charge in [-0.1, -0.05) is 47.1 Å². The van der Waals surface area contributed by atoms with Gasteiger partial charge in [0.15, 0.2) is 6.10 Å². The fourth-order valence-electron chi connectivity index (χ4n) is 7.64. The van der Waals surface area contributed by atoms with Crippen LogP contribution in [0.5, 0.6) is 5.75 Å². The van der Waals surface area contributed by atoms with E-state index in [1.54, 1.807) is 69.2 Å². The number of rotatable bonds is 29. The summed E-state index contributed by atoms with van der Waals surface area (Å²) in [4.78, 5) is 113. The van der Waals surface area contributed by atoms with Gasteiger partial charge < -0.3 is 47.1 Å². The van der Waals surface area contributed by atoms with Gasteiger partial charge in [-0.3, -0.25) is 48.2 Å². The number of esters is 1. The van der Waals surface area contributed by atoms with E-state index < -0.39 is 65.3 Å². The molecule has 8 N–H and O–H groups in total. The summed E-state index contributed by atoms with van der Waals surface area (Å²) in [5, 5.41) is 27.3. The number of anilines is 1. The number of hydrogen-bond donors (Lipinski definition) is 7. The molecule has 6 atom stereocenters. The summed E-state index contributed by atoms with van der Waals surface area (Å²) in [6.07, 6.45) is 2.69. The average molecular weight is 997 g/mol. The van der Waals surface area contributed by atoms with Crippen LogP contribution in [0.3, 0.4) is 0 Å². The van der Waals surface area contributed by atoms with Gasteiger partial charge in [0.25, 0.3) is 17.7 Å². The van der Waals surface area contributed by atoms with Gasteiger partial charge in [0, 0.05) is 95.1 Å². The number of phenols is 1. The summed E-state index contributed by atoms with van der Waals surface area (Å²) >= 11 is 1.12. The third-order valence-electron chi connectivity index (χ3n) is 12.7. The lowest BCUT2D eigenvalue weighted by Gasteiger charge is -2.38. The first-order chi connectivity index (χ1) is 32.9. The molecule has 21 heteroatoms. The van der Waals surface area contributed by atoms with Gasteiger partial charge in [-0.2, -0.15) is 0 Å². The molecule has 70 heavy (non-hydrogen) atoms. The zero-order valence-corrected chi connectivity index (χ0v) is 43.5. The SMILES string of the molecule is CC[C@H](C)[C@H](NC(=O)C(C)(C)N(C)C)C(=O)N(C)C(C[C@@H](OC(C)=O)c1nc(C(=O)N[C@@H](Cc2ccc(O)c(NC(=O)CCCN3C(=O)C=CC3=O)c2)CC(C)C(=O)NCCNCCN)cs1)C(C)C. The van der Waals surface area contributed by atoms with Crippen molar-refractivity contribution in [2.45, 2.75) is 124 Å². The Morgan fingerprint density at radius 3 is 2.23 bits per heavy atom. The van der Waals surface area contributed by atoms with Crippen LogP contribution in [-0.2, 0) is 44.7 Å². The zero-order chi connectivity index (χ0) is 52.5. The van der Waals surface area contributed by atoms with E-state index >= 15 is 0 Å². The second-order valence-electron chi connectivity index (χ2n) is 19.0. The van der Waals surface area contributed by atoms with Crippen LogP contribution in [0.25, 0.3) is 0 Å². The Kier molecular flexibility index (Phi) is 23.1. The highest BCUT2D eigenvalue weighted by molar-refractivity contribution is 7.09. The van der Waals surface area contributed by atoms with E-state index in [0.29, 0.717) is 43.2 Å². The largest absolute Gasteiger partial charge is 0.506 e. The summed E-state index contributed by atoms with van der Waals surface area (Å²) in [6, 6.07) is 2.64. The standard InChI is InChI=1S/C49H76N10O10S/c1-12-30(4)43(56-48(68)49(7,8)57(9)10)47(67)58(11)37(29(2)3)27-39(69-32(6)60)46-55-36(28-70-46)45(66)53-34(24-31(5)44(65)52-22-21-51-20-19-50)25-33-15-16-38(61)35(26-33)54-40(62)14-13-23-59-41(63)17-18-42(59)64/h15-18,26,28-31,34,37,39,43,51,61H,12-14,19-25,27,50H2,1-11H3,(H,52,65)(H,53,66)(H,54,62)(H,56,68)/t30-,31?,34+,37?,39+,43-/m0/s1. The van der Waals surface area contributed by atoms with Crippen molar-refractivity contribution in [3.05, 3.63) is 52.0 Å². The number of nitrogens with zero attached hydrogens (tertiary/aromatic N) is 4. The molecular formula is C49H76N10O10S. The summed E-state index contributed by atoms with van der Waals surface area (Å²) in [5.74, 6) is -4.42. The van der Waals surface area contributed by atoms with Crippen LogP contribution in [-0.4, -0.2) is 150 Å². The zero-order valence-electron chi connectivity index (χ0n) is 42.7. The Labute approximate surface area is 416 Å². The minimum Gasteiger partial charge on any atom is -0.506 e. The monoisotopic (exact) mass is 997 g/mol. The summed E-state index contributed by atoms with van der Waals surface area (Å²) in [5.41, 5.74) is 5.42. The number of nitrogens with one attached hydrogen (secondary N) is 5. The molecule has 2 aromatic rings. The van der Waals surface area contributed by atoms with Gasteiger partial charge in [-0.25, -0.2) is 4.98 Å². The molecule has 20 nitrogen and oxygen atoms in total. The number of ether oxygens (including phenoxy) is 1. The molecule has 0 saturated heterocycles. The van der Waals surface area contributed by atoms with Crippen molar-refractivity contribution in [3.8, 4) is 5.75 Å². The van der Waals surface area contributed by atoms with Gasteiger partial charge in [0.1, 0.15) is 22.5 Å². The number of nitrogens with two attached hydrogens (primary N) is 1. The van der Waals surface area contributed by atoms with Crippen molar-refractivity contribution in [2.75, 3.05) is 59.2 Å². The lowest BCUT2D eigenvalue weighted by molar-refractivity contribution is -0.149. The van der Waals surface area contributed by atoms with E-state index in [4.69, 9.17) is 10.5 Å². The lowest BCUT2D eigenvalue weighted by Crippen LogP contribution is -2.60. The molecule has 1 aromatic carbocycles. The van der Waals surface area contributed by atoms with Crippen LogP contribution < -0.4 is 32.3 Å². The van der Waals surface area contributed by atoms with Crippen molar-refractivity contribution in [1.29, 1.82) is 0 Å². The maximum absolute atomic E-state index is 14.3. The molecule has 0 spiro atoms. The number of hydrogen-bond acceptors (Lipinski definition) is 15. The average Bonchev–Trinajstić information content (AvgIpc) is 3.92. The summed E-state index contributed by atoms with van der Waals surface area (Å²) < 4.78 is 5.83. The fourth-order valence-corrected chi connectivity index (χ4v) is 8.48. The third-order valence-corrected chi connectivity index (χ3v) is 13.6. The Morgan fingerprint density at radius 2 is 1.63 bits per heavy atom. The number of carbonyl (C=O) groups excluding carboxylic acids is 8. The van der Waals surface area contributed by atoms with Crippen LogP contribution >= 0.6 is 11.3 Å². The van der Waals surface area contributed by atoms with Crippen LogP contribution in [0.2, 0.25) is 0 Å². The predicted octanol–water partition coefficient (Wildman–Crippen LogP) is 2.87. The van der Waals surface area contributed by atoms with E-state index in [9.17, 15) is 43.5 Å². The van der Waals surface area contributed by atoms with Crippen LogP contribution in [0, 0.1) is 17.8 Å². The molecule has 1 aliphatic rings. The molecule has 1 aliphatic heterocycles. The molecule has 3 rings (SSSR count). The summed E-state index contributed by atoms with van der Waals surface area (Å²) in [6.45, 7) is 16.3. The number of benzene rings is 1. The first kappa shape index (κ1) is 58.5. The van der Waals surface area contributed by atoms with Gasteiger partial charge in [-0.15, -0.1) is 11.3 Å². The number of aromatic hydroxyl groups is 1. The molecule has 2 unspecified atom stereocenters. The Balaban J connectivity index is 1.86. The first-order valence-corrected chi connectivity index (χ1v) is 24.8. The number of carbonyl (C=O) groups is 8. The Hall–Kier alpha value is -5.77. The number of aromatic nitrogens is 1. The molecule has 2 heterocycles. The van der Waals surface area contributed by atoms with Crippen molar-refractivity contribution >= 4 is 64.3 Å². The quantitative estimate of drug-likeness (QED) is 0.0267. The van der Waals surface area contributed by atoms with Crippen molar-refractivity contribution in [1.82, 2.24) is 41.0 Å². The highest BCUT2D eigenvalue weighted by Crippen LogP contribution is 2.32. The van der Waals surface area contributed by atoms with E-state index in [-0.39, 0.29) is 85.3 Å². The topological polar surface area (TPSA) is 275 Å². The van der Waals surface area contributed by atoms with Crippen LogP contribution in [0.1, 0.15) is 115 Å². The maximum Gasteiger partial charge on any atom is 0.303 e. The van der Waals surface area contributed by atoms with E-state index in [2.05, 4.69) is 31.6 Å². The molecule has 7 amide bonds. The van der Waals surface area contributed by atoms with E-state index in [0.717, 1.165) is 16.2 Å². The van der Waals surface area contributed by atoms with Crippen molar-refractivity contribution < 1.29 is 48.2 Å². The minimum absolute atomic E-state index is 0.0330. The van der Waals surface area contributed by atoms with Gasteiger partial charge in [-0.05, 0) is 76.7 Å². The number of imide groups is 1. The number of likely N-dealkylation sites (N-methyl/N-ethyl adjacent to an activating group) is 2. The molecule has 0 aliphatic carbocycles. The molecule has 388 valence electrons. The molecule has 0 saturated carbocycles.